The molecule has 8 heteroatoms. The number of likely N-dealkylation sites (tertiary alicyclic amines) is 1. The zero-order valence-corrected chi connectivity index (χ0v) is 16.6. The summed E-state index contributed by atoms with van der Waals surface area (Å²) in [6.45, 7) is 1.86. The fourth-order valence-electron chi connectivity index (χ4n) is 3.53. The van der Waals surface area contributed by atoms with Gasteiger partial charge in [-0.15, -0.1) is 0 Å². The Morgan fingerprint density at radius 3 is 2.59 bits per heavy atom. The highest BCUT2D eigenvalue weighted by Crippen LogP contribution is 2.34. The van der Waals surface area contributed by atoms with E-state index in [0.717, 1.165) is 0 Å². The fourth-order valence-corrected chi connectivity index (χ4v) is 3.71. The highest BCUT2D eigenvalue weighted by molar-refractivity contribution is 6.33. The topological polar surface area (TPSA) is 79.9 Å². The molecule has 2 aliphatic heterocycles. The number of hydrogen-bond donors (Lipinski definition) is 2. The molecule has 0 unspecified atom stereocenters. The van der Waals surface area contributed by atoms with E-state index < -0.39 is 0 Å². The maximum absolute atomic E-state index is 12.6. The first kappa shape index (κ1) is 19.5. The van der Waals surface area contributed by atoms with Gasteiger partial charge >= 0.3 is 0 Å². The van der Waals surface area contributed by atoms with E-state index in [9.17, 15) is 9.59 Å². The van der Waals surface area contributed by atoms with Crippen molar-refractivity contribution < 1.29 is 19.1 Å². The Morgan fingerprint density at radius 1 is 1.03 bits per heavy atom. The van der Waals surface area contributed by atoms with Gasteiger partial charge in [-0.3, -0.25) is 14.5 Å². The van der Waals surface area contributed by atoms with Gasteiger partial charge in [0.2, 0.25) is 18.6 Å². The third kappa shape index (κ3) is 4.81. The van der Waals surface area contributed by atoms with Crippen LogP contribution in [0.5, 0.6) is 11.5 Å². The molecular formula is C21H22ClN3O4. The van der Waals surface area contributed by atoms with Gasteiger partial charge in [-0.05, 0) is 50.2 Å². The Bertz CT molecular complexity index is 913. The predicted octanol–water partition coefficient (Wildman–Crippen LogP) is 3.36. The number of halogens is 1. The van der Waals surface area contributed by atoms with Gasteiger partial charge in [0.15, 0.2) is 11.5 Å². The summed E-state index contributed by atoms with van der Waals surface area (Å²) >= 11 is 6.08. The summed E-state index contributed by atoms with van der Waals surface area (Å²) in [6.07, 6.45) is 1.41. The molecule has 2 N–H and O–H groups in total. The molecule has 1 saturated heterocycles. The molecule has 2 heterocycles. The number of amides is 2. The molecule has 7 nitrogen and oxygen atoms in total. The minimum Gasteiger partial charge on any atom is -0.454 e. The van der Waals surface area contributed by atoms with Gasteiger partial charge in [-0.25, -0.2) is 0 Å². The van der Waals surface area contributed by atoms with Gasteiger partial charge < -0.3 is 20.1 Å². The minimum atomic E-state index is -0.110. The Balaban J connectivity index is 1.24. The van der Waals surface area contributed by atoms with Crippen molar-refractivity contribution in [2.75, 3.05) is 37.1 Å². The SMILES string of the molecule is O=C(CN1CCC(C(=O)Nc2ccc3c(c2)OCO3)CC1)Nc1ccccc1Cl. The molecule has 4 rings (SSSR count). The molecule has 0 saturated carbocycles. The molecule has 0 bridgehead atoms. The zero-order chi connectivity index (χ0) is 20.2. The number of hydrogen-bond acceptors (Lipinski definition) is 5. The van der Waals surface area contributed by atoms with Gasteiger partial charge in [0.1, 0.15) is 0 Å². The maximum atomic E-state index is 12.6. The average molecular weight is 416 g/mol. The Hall–Kier alpha value is -2.77. The smallest absolute Gasteiger partial charge is 0.238 e. The summed E-state index contributed by atoms with van der Waals surface area (Å²) in [6, 6.07) is 12.5. The first-order valence-electron chi connectivity index (χ1n) is 9.56. The van der Waals surface area contributed by atoms with Crippen molar-refractivity contribution in [2.45, 2.75) is 12.8 Å². The van der Waals surface area contributed by atoms with Crippen molar-refractivity contribution in [2.24, 2.45) is 5.92 Å². The number of para-hydroxylation sites is 1. The summed E-state index contributed by atoms with van der Waals surface area (Å²) in [5.74, 6) is 1.13. The highest BCUT2D eigenvalue weighted by Gasteiger charge is 2.26. The molecule has 2 aromatic rings. The third-order valence-corrected chi connectivity index (χ3v) is 5.44. The van der Waals surface area contributed by atoms with Gasteiger partial charge in [0.25, 0.3) is 0 Å². The molecule has 2 aliphatic rings. The molecule has 1 fully saturated rings. The summed E-state index contributed by atoms with van der Waals surface area (Å²) in [5.41, 5.74) is 1.30. The fraction of sp³-hybridized carbons (Fsp3) is 0.333. The second-order valence-corrected chi connectivity index (χ2v) is 7.54. The van der Waals surface area contributed by atoms with Crippen molar-refractivity contribution in [1.29, 1.82) is 0 Å². The van der Waals surface area contributed by atoms with Gasteiger partial charge in [0, 0.05) is 17.7 Å². The van der Waals surface area contributed by atoms with Crippen LogP contribution < -0.4 is 20.1 Å². The van der Waals surface area contributed by atoms with E-state index in [1.807, 2.05) is 12.1 Å². The van der Waals surface area contributed by atoms with Crippen molar-refractivity contribution in [3.05, 3.63) is 47.5 Å². The monoisotopic (exact) mass is 415 g/mol. The number of nitrogens with zero attached hydrogens (tertiary/aromatic N) is 1. The van der Waals surface area contributed by atoms with Gasteiger partial charge in [0.05, 0.1) is 17.3 Å². The number of benzene rings is 2. The first-order valence-corrected chi connectivity index (χ1v) is 9.93. The first-order chi connectivity index (χ1) is 14.1. The molecule has 29 heavy (non-hydrogen) atoms. The highest BCUT2D eigenvalue weighted by atomic mass is 35.5. The molecule has 0 aliphatic carbocycles. The van der Waals surface area contributed by atoms with E-state index in [1.165, 1.54) is 0 Å². The van der Waals surface area contributed by atoms with Crippen LogP contribution in [0.15, 0.2) is 42.5 Å². The van der Waals surface area contributed by atoms with Crippen LogP contribution in [-0.2, 0) is 9.59 Å². The van der Waals surface area contributed by atoms with Crippen LogP contribution in [-0.4, -0.2) is 43.1 Å². The quantitative estimate of drug-likeness (QED) is 0.782. The number of nitrogens with one attached hydrogen (secondary N) is 2. The molecule has 2 aromatic carbocycles. The second kappa shape index (κ2) is 8.71. The minimum absolute atomic E-state index is 0.0102. The summed E-state index contributed by atoms with van der Waals surface area (Å²) in [4.78, 5) is 26.9. The lowest BCUT2D eigenvalue weighted by Crippen LogP contribution is -2.41. The molecule has 0 aromatic heterocycles. The lowest BCUT2D eigenvalue weighted by Gasteiger charge is -2.30. The lowest BCUT2D eigenvalue weighted by atomic mass is 9.95. The van der Waals surface area contributed by atoms with Gasteiger partial charge in [-0.2, -0.15) is 0 Å². The number of rotatable bonds is 5. The van der Waals surface area contributed by atoms with Crippen LogP contribution in [0, 0.1) is 5.92 Å². The molecule has 0 radical (unpaired) electrons. The Kier molecular flexibility index (Phi) is 5.87. The van der Waals surface area contributed by atoms with Crippen LogP contribution >= 0.6 is 11.6 Å². The number of fused-ring (bicyclic) bond motifs is 1. The molecule has 0 spiro atoms. The number of ether oxygens (including phenoxy) is 2. The van der Waals surface area contributed by atoms with E-state index in [-0.39, 0.29) is 31.1 Å². The second-order valence-electron chi connectivity index (χ2n) is 7.14. The number of carbonyl (C=O) groups is 2. The Labute approximate surface area is 173 Å². The Morgan fingerprint density at radius 2 is 1.79 bits per heavy atom. The van der Waals surface area contributed by atoms with Crippen LogP contribution in [0.1, 0.15) is 12.8 Å². The average Bonchev–Trinajstić information content (AvgIpc) is 3.18. The standard InChI is InChI=1S/C21H22ClN3O4/c22-16-3-1-2-4-17(16)24-20(26)12-25-9-7-14(8-10-25)21(27)23-15-5-6-18-19(11-15)29-13-28-18/h1-6,11,14H,7-10,12-13H2,(H,23,27)(H,24,26). The van der Waals surface area contributed by atoms with E-state index in [0.29, 0.717) is 53.8 Å². The van der Waals surface area contributed by atoms with Crippen molar-refractivity contribution in [3.63, 3.8) is 0 Å². The van der Waals surface area contributed by atoms with Crippen LogP contribution in [0.4, 0.5) is 11.4 Å². The van der Waals surface area contributed by atoms with E-state index in [1.54, 1.807) is 30.3 Å². The third-order valence-electron chi connectivity index (χ3n) is 5.11. The van der Waals surface area contributed by atoms with Crippen LogP contribution in [0.2, 0.25) is 5.02 Å². The molecule has 0 atom stereocenters. The number of carbonyl (C=O) groups excluding carboxylic acids is 2. The van der Waals surface area contributed by atoms with Crippen LogP contribution in [0.25, 0.3) is 0 Å². The van der Waals surface area contributed by atoms with E-state index in [4.69, 9.17) is 21.1 Å². The largest absolute Gasteiger partial charge is 0.454 e. The summed E-state index contributed by atoms with van der Waals surface area (Å²) in [7, 11) is 0. The van der Waals surface area contributed by atoms with Crippen LogP contribution in [0.3, 0.4) is 0 Å². The summed E-state index contributed by atoms with van der Waals surface area (Å²) in [5, 5.41) is 6.29. The predicted molar refractivity (Wildman–Crippen MR) is 110 cm³/mol. The van der Waals surface area contributed by atoms with Gasteiger partial charge in [-0.1, -0.05) is 23.7 Å². The maximum Gasteiger partial charge on any atom is 0.238 e. The van der Waals surface area contributed by atoms with E-state index >= 15 is 0 Å². The molecule has 2 amide bonds. The molecular weight excluding hydrogens is 394 g/mol. The van der Waals surface area contributed by atoms with Crippen molar-refractivity contribution in [3.8, 4) is 11.5 Å². The van der Waals surface area contributed by atoms with Crippen molar-refractivity contribution >= 4 is 34.8 Å². The summed E-state index contributed by atoms with van der Waals surface area (Å²) < 4.78 is 10.6. The van der Waals surface area contributed by atoms with Crippen molar-refractivity contribution in [1.82, 2.24) is 4.90 Å². The lowest BCUT2D eigenvalue weighted by molar-refractivity contribution is -0.121. The normalized spacial score (nSPS) is 16.4. The number of piperidine rings is 1. The van der Waals surface area contributed by atoms with E-state index in [2.05, 4.69) is 15.5 Å². The molecule has 152 valence electrons. The zero-order valence-electron chi connectivity index (χ0n) is 15.8. The number of anilines is 2.